The van der Waals surface area contributed by atoms with Gasteiger partial charge in [-0.05, 0) is 83.1 Å². The average Bonchev–Trinajstić information content (AvgIpc) is 2.87. The molecule has 0 saturated carbocycles. The molecule has 0 aliphatic carbocycles. The van der Waals surface area contributed by atoms with Gasteiger partial charge in [-0.15, -0.1) is 0 Å². The Morgan fingerprint density at radius 1 is 1.06 bits per heavy atom. The number of nitrogens with zero attached hydrogens (tertiary/aromatic N) is 1. The molecule has 2 aromatic carbocycles. The molecule has 5 nitrogen and oxygen atoms in total. The van der Waals surface area contributed by atoms with Crippen LogP contribution in [0.3, 0.4) is 0 Å². The number of carbonyl (C=O) groups excluding carboxylic acids is 1. The third kappa shape index (κ3) is 6.41. The summed E-state index contributed by atoms with van der Waals surface area (Å²) in [4.78, 5) is 15.1. The van der Waals surface area contributed by atoms with Crippen LogP contribution in [0, 0.1) is 5.92 Å². The minimum absolute atomic E-state index is 0.0295. The number of allylic oxidation sites excluding steroid dienone is 4. The third-order valence-electron chi connectivity index (χ3n) is 6.14. The van der Waals surface area contributed by atoms with E-state index in [-0.39, 0.29) is 17.4 Å². The van der Waals surface area contributed by atoms with Crippen LogP contribution in [-0.4, -0.2) is 22.7 Å². The van der Waals surface area contributed by atoms with Crippen molar-refractivity contribution in [3.05, 3.63) is 65.3 Å². The topological polar surface area (TPSA) is 72.8 Å². The van der Waals surface area contributed by atoms with E-state index >= 15 is 0 Å². The van der Waals surface area contributed by atoms with Gasteiger partial charge in [0.15, 0.2) is 0 Å². The largest absolute Gasteiger partial charge is 0.508 e. The molecule has 3 N–H and O–H groups in total. The molecular formula is C28H36N2O3. The van der Waals surface area contributed by atoms with Gasteiger partial charge in [-0.1, -0.05) is 36.3 Å². The first-order chi connectivity index (χ1) is 15.8. The van der Waals surface area contributed by atoms with Gasteiger partial charge in [-0.25, -0.2) is 0 Å². The van der Waals surface area contributed by atoms with Crippen molar-refractivity contribution in [3.63, 3.8) is 0 Å². The molecule has 0 radical (unpaired) electrons. The molecule has 1 unspecified atom stereocenters. The number of amides is 1. The molecule has 3 rings (SSSR count). The van der Waals surface area contributed by atoms with Crippen molar-refractivity contribution in [2.75, 3.05) is 16.8 Å². The summed E-state index contributed by atoms with van der Waals surface area (Å²) in [5.74, 6) is 0.396. The lowest BCUT2D eigenvalue weighted by Crippen LogP contribution is -2.32. The Kier molecular flexibility index (Phi) is 8.21. The summed E-state index contributed by atoms with van der Waals surface area (Å²) in [6.07, 6.45) is 9.74. The first kappa shape index (κ1) is 24.4. The summed E-state index contributed by atoms with van der Waals surface area (Å²) in [5, 5.41) is 23.6. The van der Waals surface area contributed by atoms with Crippen LogP contribution in [0.1, 0.15) is 70.2 Å². The fourth-order valence-electron chi connectivity index (χ4n) is 4.11. The van der Waals surface area contributed by atoms with E-state index in [2.05, 4.69) is 45.2 Å². The van der Waals surface area contributed by atoms with Crippen molar-refractivity contribution in [1.29, 1.82) is 0 Å². The second kappa shape index (κ2) is 11.1. The number of para-hydroxylation sites is 1. The zero-order chi connectivity index (χ0) is 24.0. The van der Waals surface area contributed by atoms with Crippen LogP contribution >= 0.6 is 0 Å². The van der Waals surface area contributed by atoms with Crippen molar-refractivity contribution in [1.82, 2.24) is 0 Å². The molecule has 1 aliphatic heterocycles. The lowest BCUT2D eigenvalue weighted by molar-refractivity contribution is 0.0986. The van der Waals surface area contributed by atoms with Gasteiger partial charge in [0.05, 0.1) is 22.6 Å². The minimum atomic E-state index is -0.181. The van der Waals surface area contributed by atoms with Crippen molar-refractivity contribution in [3.8, 4) is 11.5 Å². The number of phenolic OH excluding ortho intramolecular Hbond substituents is 2. The van der Waals surface area contributed by atoms with Gasteiger partial charge in [-0.3, -0.25) is 4.79 Å². The summed E-state index contributed by atoms with van der Waals surface area (Å²) >= 11 is 0. The highest BCUT2D eigenvalue weighted by Gasteiger charge is 2.28. The maximum Gasteiger partial charge on any atom is 0.260 e. The first-order valence-corrected chi connectivity index (χ1v) is 11.8. The number of benzene rings is 2. The van der Waals surface area contributed by atoms with E-state index in [4.69, 9.17) is 0 Å². The molecule has 5 heteroatoms. The highest BCUT2D eigenvalue weighted by molar-refractivity contribution is 6.14. The van der Waals surface area contributed by atoms with E-state index < -0.39 is 0 Å². The van der Waals surface area contributed by atoms with Crippen LogP contribution in [0.2, 0.25) is 0 Å². The third-order valence-corrected chi connectivity index (χ3v) is 6.14. The number of nitrogens with one attached hydrogen (secondary N) is 1. The normalized spacial score (nSPS) is 14.1. The fourth-order valence-corrected chi connectivity index (χ4v) is 4.11. The number of rotatable bonds is 9. The zero-order valence-electron chi connectivity index (χ0n) is 20.2. The Bertz CT molecular complexity index is 1050. The number of anilines is 3. The summed E-state index contributed by atoms with van der Waals surface area (Å²) < 4.78 is 0. The van der Waals surface area contributed by atoms with Crippen molar-refractivity contribution >= 4 is 23.0 Å². The van der Waals surface area contributed by atoms with Crippen LogP contribution < -0.4 is 10.2 Å². The van der Waals surface area contributed by atoms with Crippen LogP contribution in [0.4, 0.5) is 17.1 Å². The number of phenols is 2. The Morgan fingerprint density at radius 3 is 2.61 bits per heavy atom. The maximum atomic E-state index is 13.4. The number of aromatic hydroxyl groups is 2. The number of fused-ring (bicyclic) bond motifs is 2. The SMILES string of the molecule is CC(C)=CCC/C(C)=C/CCC(C)CCN1C(=O)c2cccc(O)c2Nc2ccc(O)cc21. The van der Waals surface area contributed by atoms with Gasteiger partial charge in [0.2, 0.25) is 0 Å². The van der Waals surface area contributed by atoms with E-state index in [1.54, 1.807) is 41.3 Å². The molecule has 1 heterocycles. The molecule has 0 spiro atoms. The molecule has 0 aromatic heterocycles. The summed E-state index contributed by atoms with van der Waals surface area (Å²) in [5.41, 5.74) is 4.92. The van der Waals surface area contributed by atoms with Gasteiger partial charge < -0.3 is 20.4 Å². The van der Waals surface area contributed by atoms with Crippen LogP contribution in [0.15, 0.2) is 59.7 Å². The summed E-state index contributed by atoms with van der Waals surface area (Å²) in [6, 6.07) is 9.87. The van der Waals surface area contributed by atoms with E-state index in [9.17, 15) is 15.0 Å². The van der Waals surface area contributed by atoms with Crippen molar-refractivity contribution < 1.29 is 15.0 Å². The predicted octanol–water partition coefficient (Wildman–Crippen LogP) is 7.30. The van der Waals surface area contributed by atoms with E-state index in [1.807, 2.05) is 0 Å². The molecule has 1 amide bonds. The molecule has 0 bridgehead atoms. The highest BCUT2D eigenvalue weighted by atomic mass is 16.3. The number of hydrogen-bond donors (Lipinski definition) is 3. The zero-order valence-corrected chi connectivity index (χ0v) is 20.2. The Morgan fingerprint density at radius 2 is 1.85 bits per heavy atom. The molecule has 1 atom stereocenters. The second-order valence-corrected chi connectivity index (χ2v) is 9.32. The predicted molar refractivity (Wildman–Crippen MR) is 137 cm³/mol. The quantitative estimate of drug-likeness (QED) is 0.214. The van der Waals surface area contributed by atoms with Crippen LogP contribution in [0.25, 0.3) is 0 Å². The van der Waals surface area contributed by atoms with Gasteiger partial charge in [0.1, 0.15) is 11.5 Å². The Labute approximate surface area is 197 Å². The second-order valence-electron chi connectivity index (χ2n) is 9.32. The minimum Gasteiger partial charge on any atom is -0.508 e. The summed E-state index contributed by atoms with van der Waals surface area (Å²) in [6.45, 7) is 9.22. The number of hydrogen-bond acceptors (Lipinski definition) is 4. The van der Waals surface area contributed by atoms with Gasteiger partial charge in [0.25, 0.3) is 5.91 Å². The smallest absolute Gasteiger partial charge is 0.260 e. The van der Waals surface area contributed by atoms with Crippen molar-refractivity contribution in [2.24, 2.45) is 5.92 Å². The maximum absolute atomic E-state index is 13.4. The lowest BCUT2D eigenvalue weighted by Gasteiger charge is -2.24. The first-order valence-electron chi connectivity index (χ1n) is 11.8. The molecule has 0 fully saturated rings. The van der Waals surface area contributed by atoms with Crippen LogP contribution in [0.5, 0.6) is 11.5 Å². The molecule has 0 saturated heterocycles. The van der Waals surface area contributed by atoms with E-state index in [0.717, 1.165) is 32.1 Å². The van der Waals surface area contributed by atoms with E-state index in [1.165, 1.54) is 11.1 Å². The average molecular weight is 449 g/mol. The summed E-state index contributed by atoms with van der Waals surface area (Å²) in [7, 11) is 0. The molecular weight excluding hydrogens is 412 g/mol. The van der Waals surface area contributed by atoms with Gasteiger partial charge >= 0.3 is 0 Å². The monoisotopic (exact) mass is 448 g/mol. The standard InChI is InChI=1S/C28H36N2O3/c1-19(2)8-5-9-20(3)10-6-11-21(4)16-17-30-25-18-22(31)14-15-24(25)29-27-23(28(30)33)12-7-13-26(27)32/h7-8,10,12-15,18,21,29,31-32H,5-6,9,11,16-17H2,1-4H3/b20-10+. The molecule has 176 valence electrons. The Balaban J connectivity index is 1.67. The number of carbonyl (C=O) groups is 1. The highest BCUT2D eigenvalue weighted by Crippen LogP contribution is 2.41. The van der Waals surface area contributed by atoms with Gasteiger partial charge in [0, 0.05) is 12.6 Å². The molecule has 2 aromatic rings. The van der Waals surface area contributed by atoms with Crippen LogP contribution in [-0.2, 0) is 0 Å². The molecule has 33 heavy (non-hydrogen) atoms. The fraction of sp³-hybridized carbons (Fsp3) is 0.393. The van der Waals surface area contributed by atoms with E-state index in [0.29, 0.717) is 35.1 Å². The van der Waals surface area contributed by atoms with Crippen molar-refractivity contribution in [2.45, 2.75) is 59.8 Å². The lowest BCUT2D eigenvalue weighted by atomic mass is 9.99. The Hall–Kier alpha value is -3.21. The van der Waals surface area contributed by atoms with Gasteiger partial charge in [-0.2, -0.15) is 0 Å². The molecule has 1 aliphatic rings.